The fraction of sp³-hybridized carbons (Fsp3) is 0.500. The Balaban J connectivity index is 1.72. The number of carbonyl (C=O) groups is 2. The lowest BCUT2D eigenvalue weighted by atomic mass is 10.1. The van der Waals surface area contributed by atoms with Gasteiger partial charge in [-0.3, -0.25) is 0 Å². The van der Waals surface area contributed by atoms with Crippen molar-refractivity contribution >= 4 is 12.1 Å². The minimum Gasteiger partial charge on any atom is -0.338 e. The van der Waals surface area contributed by atoms with Crippen LogP contribution in [0.2, 0.25) is 0 Å². The highest BCUT2D eigenvalue weighted by Crippen LogP contribution is 2.27. The van der Waals surface area contributed by atoms with Crippen LogP contribution >= 0.6 is 0 Å². The Hall–Kier alpha value is -2.24. The molecule has 1 fully saturated rings. The first-order valence-electron chi connectivity index (χ1n) is 7.78. The lowest BCUT2D eigenvalue weighted by molar-refractivity contribution is 0.239. The molecule has 6 nitrogen and oxygen atoms in total. The molecule has 22 heavy (non-hydrogen) atoms. The van der Waals surface area contributed by atoms with Gasteiger partial charge in [0.05, 0.1) is 0 Å². The van der Waals surface area contributed by atoms with Crippen LogP contribution in [0.25, 0.3) is 0 Å². The van der Waals surface area contributed by atoms with Gasteiger partial charge in [0.25, 0.3) is 0 Å². The number of benzene rings is 1. The molecule has 1 aliphatic carbocycles. The number of hydrogen-bond donors (Lipinski definition) is 4. The van der Waals surface area contributed by atoms with Gasteiger partial charge in [-0.25, -0.2) is 9.59 Å². The Labute approximate surface area is 131 Å². The number of rotatable bonds is 7. The van der Waals surface area contributed by atoms with Gasteiger partial charge in [-0.1, -0.05) is 24.3 Å². The molecule has 0 spiro atoms. The first kappa shape index (κ1) is 16.1. The summed E-state index contributed by atoms with van der Waals surface area (Å²) in [5.41, 5.74) is 2.01. The molecule has 1 aromatic carbocycles. The third-order valence-corrected chi connectivity index (χ3v) is 3.48. The molecular weight excluding hydrogens is 280 g/mol. The molecule has 6 heteroatoms. The topological polar surface area (TPSA) is 82.3 Å². The molecule has 0 bridgehead atoms. The fourth-order valence-electron chi connectivity index (χ4n) is 2.06. The van der Waals surface area contributed by atoms with E-state index in [9.17, 15) is 9.59 Å². The Morgan fingerprint density at radius 2 is 1.59 bits per heavy atom. The van der Waals surface area contributed by atoms with Crippen LogP contribution in [0.4, 0.5) is 9.59 Å². The SMILES string of the molecule is CCNC(=O)NCc1cccc(CNC(=O)NCC2CC2)c1. The van der Waals surface area contributed by atoms with E-state index in [0.29, 0.717) is 25.6 Å². The van der Waals surface area contributed by atoms with Crippen LogP contribution in [0.5, 0.6) is 0 Å². The van der Waals surface area contributed by atoms with Gasteiger partial charge in [0.15, 0.2) is 0 Å². The highest BCUT2D eigenvalue weighted by Gasteiger charge is 2.21. The van der Waals surface area contributed by atoms with Crippen LogP contribution in [-0.4, -0.2) is 25.2 Å². The Morgan fingerprint density at radius 1 is 1.00 bits per heavy atom. The summed E-state index contributed by atoms with van der Waals surface area (Å²) in [5, 5.41) is 11.2. The molecule has 0 aliphatic heterocycles. The van der Waals surface area contributed by atoms with Gasteiger partial charge < -0.3 is 21.3 Å². The molecule has 0 heterocycles. The average molecular weight is 304 g/mol. The summed E-state index contributed by atoms with van der Waals surface area (Å²) in [4.78, 5) is 23.0. The molecule has 1 aliphatic rings. The predicted octanol–water partition coefficient (Wildman–Crippen LogP) is 1.71. The normalized spacial score (nSPS) is 13.3. The zero-order valence-corrected chi connectivity index (χ0v) is 12.9. The van der Waals surface area contributed by atoms with E-state index in [4.69, 9.17) is 0 Å². The second-order valence-electron chi connectivity index (χ2n) is 5.54. The van der Waals surface area contributed by atoms with E-state index < -0.39 is 0 Å². The summed E-state index contributed by atoms with van der Waals surface area (Å²) in [7, 11) is 0. The zero-order chi connectivity index (χ0) is 15.8. The third-order valence-electron chi connectivity index (χ3n) is 3.48. The largest absolute Gasteiger partial charge is 0.338 e. The lowest BCUT2D eigenvalue weighted by Gasteiger charge is -2.09. The van der Waals surface area contributed by atoms with Crippen molar-refractivity contribution in [2.45, 2.75) is 32.9 Å². The van der Waals surface area contributed by atoms with Crippen LogP contribution in [0.1, 0.15) is 30.9 Å². The van der Waals surface area contributed by atoms with Gasteiger partial charge in [-0.05, 0) is 36.8 Å². The smallest absolute Gasteiger partial charge is 0.315 e. The van der Waals surface area contributed by atoms with E-state index in [2.05, 4.69) is 21.3 Å². The van der Waals surface area contributed by atoms with Crippen LogP contribution in [-0.2, 0) is 13.1 Å². The molecule has 0 atom stereocenters. The molecule has 4 amide bonds. The number of amides is 4. The van der Waals surface area contributed by atoms with E-state index in [0.717, 1.165) is 17.7 Å². The van der Waals surface area contributed by atoms with E-state index in [1.165, 1.54) is 12.8 Å². The van der Waals surface area contributed by atoms with Gasteiger partial charge in [0, 0.05) is 26.2 Å². The maximum absolute atomic E-state index is 11.6. The highest BCUT2D eigenvalue weighted by atomic mass is 16.2. The van der Waals surface area contributed by atoms with Crippen LogP contribution in [0, 0.1) is 5.92 Å². The quantitative estimate of drug-likeness (QED) is 0.618. The molecule has 0 aromatic heterocycles. The van der Waals surface area contributed by atoms with Gasteiger partial charge >= 0.3 is 12.1 Å². The Bertz CT molecular complexity index is 515. The number of urea groups is 2. The number of hydrogen-bond acceptors (Lipinski definition) is 2. The molecule has 1 saturated carbocycles. The Morgan fingerprint density at radius 3 is 2.14 bits per heavy atom. The van der Waals surface area contributed by atoms with Crippen LogP contribution in [0.15, 0.2) is 24.3 Å². The van der Waals surface area contributed by atoms with Crippen molar-refractivity contribution in [2.24, 2.45) is 5.92 Å². The van der Waals surface area contributed by atoms with E-state index in [-0.39, 0.29) is 12.1 Å². The molecule has 0 saturated heterocycles. The first-order chi connectivity index (χ1) is 10.7. The van der Waals surface area contributed by atoms with Crippen LogP contribution in [0.3, 0.4) is 0 Å². The van der Waals surface area contributed by atoms with Crippen molar-refractivity contribution in [3.8, 4) is 0 Å². The molecule has 0 unspecified atom stereocenters. The minimum absolute atomic E-state index is 0.127. The first-order valence-corrected chi connectivity index (χ1v) is 7.78. The summed E-state index contributed by atoms with van der Waals surface area (Å²) in [5.74, 6) is 0.675. The second-order valence-corrected chi connectivity index (χ2v) is 5.54. The van der Waals surface area contributed by atoms with Gasteiger partial charge in [0.1, 0.15) is 0 Å². The van der Waals surface area contributed by atoms with E-state index >= 15 is 0 Å². The summed E-state index contributed by atoms with van der Waals surface area (Å²) in [6.45, 7) is 4.19. The minimum atomic E-state index is -0.175. The van der Waals surface area contributed by atoms with Crippen molar-refractivity contribution in [2.75, 3.05) is 13.1 Å². The molecule has 120 valence electrons. The highest BCUT2D eigenvalue weighted by molar-refractivity contribution is 5.74. The Kier molecular flexibility index (Phi) is 6.06. The fourth-order valence-corrected chi connectivity index (χ4v) is 2.06. The lowest BCUT2D eigenvalue weighted by Crippen LogP contribution is -2.36. The number of carbonyl (C=O) groups excluding carboxylic acids is 2. The second kappa shape index (κ2) is 8.26. The maximum Gasteiger partial charge on any atom is 0.315 e. The van der Waals surface area contributed by atoms with Crippen LogP contribution < -0.4 is 21.3 Å². The van der Waals surface area contributed by atoms with Crippen molar-refractivity contribution in [1.82, 2.24) is 21.3 Å². The summed E-state index contributed by atoms with van der Waals surface area (Å²) < 4.78 is 0. The molecule has 1 aromatic rings. The average Bonchev–Trinajstić information content (AvgIpc) is 3.34. The summed E-state index contributed by atoms with van der Waals surface area (Å²) >= 11 is 0. The van der Waals surface area contributed by atoms with E-state index in [1.54, 1.807) is 0 Å². The maximum atomic E-state index is 11.6. The van der Waals surface area contributed by atoms with Gasteiger partial charge in [-0.15, -0.1) is 0 Å². The van der Waals surface area contributed by atoms with Gasteiger partial charge in [0.2, 0.25) is 0 Å². The zero-order valence-electron chi connectivity index (χ0n) is 12.9. The van der Waals surface area contributed by atoms with Crippen molar-refractivity contribution in [3.63, 3.8) is 0 Å². The van der Waals surface area contributed by atoms with E-state index in [1.807, 2.05) is 31.2 Å². The molecular formula is C16H24N4O2. The van der Waals surface area contributed by atoms with Crippen molar-refractivity contribution < 1.29 is 9.59 Å². The molecule has 4 N–H and O–H groups in total. The van der Waals surface area contributed by atoms with Crippen molar-refractivity contribution in [1.29, 1.82) is 0 Å². The summed E-state index contributed by atoms with van der Waals surface area (Å²) in [6.07, 6.45) is 2.45. The monoisotopic (exact) mass is 304 g/mol. The summed E-state index contributed by atoms with van der Waals surface area (Å²) in [6, 6.07) is 7.50. The standard InChI is InChI=1S/C16H24N4O2/c1-2-17-15(21)19-10-13-4-3-5-14(8-13)11-20-16(22)18-9-12-6-7-12/h3-5,8,12H,2,6-7,9-11H2,1H3,(H2,17,19,21)(H2,18,20,22). The molecule has 2 rings (SSSR count). The third kappa shape index (κ3) is 6.03. The number of nitrogens with one attached hydrogen (secondary N) is 4. The van der Waals surface area contributed by atoms with Gasteiger partial charge in [-0.2, -0.15) is 0 Å². The van der Waals surface area contributed by atoms with Crippen molar-refractivity contribution in [3.05, 3.63) is 35.4 Å². The predicted molar refractivity (Wildman–Crippen MR) is 85.3 cm³/mol. The molecule has 0 radical (unpaired) electrons.